The predicted molar refractivity (Wildman–Crippen MR) is 124 cm³/mol. The highest BCUT2D eigenvalue weighted by Gasteiger charge is 2.25. The first-order valence-corrected chi connectivity index (χ1v) is 11.3. The molecule has 0 radical (unpaired) electrons. The van der Waals surface area contributed by atoms with Crippen molar-refractivity contribution in [1.29, 1.82) is 0 Å². The average Bonchev–Trinajstić information content (AvgIpc) is 3.54. The SMILES string of the molecule is COc1ccc(-c2nc(-c3ccc(C(=O)N4CCN(c5ccccc5F)CC4)s3)no2)cc1. The van der Waals surface area contributed by atoms with Crippen molar-refractivity contribution in [2.45, 2.75) is 0 Å². The molecule has 0 bridgehead atoms. The maximum absolute atomic E-state index is 14.1. The first-order chi connectivity index (χ1) is 16.1. The van der Waals surface area contributed by atoms with Gasteiger partial charge in [0.2, 0.25) is 5.82 Å². The molecule has 0 unspecified atom stereocenters. The summed E-state index contributed by atoms with van der Waals surface area (Å²) in [5.41, 5.74) is 1.36. The van der Waals surface area contributed by atoms with Gasteiger partial charge in [-0.3, -0.25) is 4.79 Å². The van der Waals surface area contributed by atoms with E-state index in [2.05, 4.69) is 10.1 Å². The number of hydrogen-bond donors (Lipinski definition) is 0. The van der Waals surface area contributed by atoms with E-state index in [0.717, 1.165) is 16.2 Å². The van der Waals surface area contributed by atoms with Gasteiger partial charge in [-0.1, -0.05) is 17.3 Å². The Morgan fingerprint density at radius 3 is 2.52 bits per heavy atom. The third kappa shape index (κ3) is 4.31. The molecule has 168 valence electrons. The summed E-state index contributed by atoms with van der Waals surface area (Å²) in [5.74, 6) is 1.30. The third-order valence-corrected chi connectivity index (χ3v) is 6.63. The van der Waals surface area contributed by atoms with E-state index in [9.17, 15) is 9.18 Å². The van der Waals surface area contributed by atoms with Crippen molar-refractivity contribution < 1.29 is 18.4 Å². The number of carbonyl (C=O) groups is 1. The lowest BCUT2D eigenvalue weighted by Gasteiger charge is -2.36. The largest absolute Gasteiger partial charge is 0.497 e. The van der Waals surface area contributed by atoms with Crippen LogP contribution in [0.4, 0.5) is 10.1 Å². The van der Waals surface area contributed by atoms with Crippen molar-refractivity contribution in [3.8, 4) is 27.9 Å². The molecule has 2 aromatic carbocycles. The van der Waals surface area contributed by atoms with Gasteiger partial charge in [0.05, 0.1) is 22.6 Å². The highest BCUT2D eigenvalue weighted by Crippen LogP contribution is 2.30. The van der Waals surface area contributed by atoms with E-state index in [1.807, 2.05) is 41.3 Å². The van der Waals surface area contributed by atoms with Crippen LogP contribution in [-0.4, -0.2) is 54.2 Å². The van der Waals surface area contributed by atoms with Gasteiger partial charge in [0.15, 0.2) is 0 Å². The molecule has 1 fully saturated rings. The number of para-hydroxylation sites is 1. The summed E-state index contributed by atoms with van der Waals surface area (Å²) in [6.45, 7) is 2.23. The van der Waals surface area contributed by atoms with Gasteiger partial charge in [-0.15, -0.1) is 11.3 Å². The van der Waals surface area contributed by atoms with Gasteiger partial charge in [0.1, 0.15) is 11.6 Å². The Labute approximate surface area is 194 Å². The average molecular weight is 465 g/mol. The van der Waals surface area contributed by atoms with Crippen molar-refractivity contribution in [3.05, 3.63) is 71.4 Å². The highest BCUT2D eigenvalue weighted by molar-refractivity contribution is 7.17. The van der Waals surface area contributed by atoms with Gasteiger partial charge >= 0.3 is 0 Å². The van der Waals surface area contributed by atoms with Crippen LogP contribution in [0.15, 0.2) is 65.2 Å². The molecule has 1 saturated heterocycles. The Bertz CT molecular complexity index is 1260. The quantitative estimate of drug-likeness (QED) is 0.431. The lowest BCUT2D eigenvalue weighted by Crippen LogP contribution is -2.48. The van der Waals surface area contributed by atoms with Crippen LogP contribution < -0.4 is 9.64 Å². The topological polar surface area (TPSA) is 71.7 Å². The molecule has 2 aromatic heterocycles. The number of rotatable bonds is 5. The second-order valence-corrected chi connectivity index (χ2v) is 8.63. The van der Waals surface area contributed by atoms with E-state index in [1.165, 1.54) is 17.4 Å². The lowest BCUT2D eigenvalue weighted by molar-refractivity contribution is 0.0751. The maximum atomic E-state index is 14.1. The minimum Gasteiger partial charge on any atom is -0.497 e. The molecule has 1 aliphatic heterocycles. The number of halogens is 1. The van der Waals surface area contributed by atoms with Gasteiger partial charge in [-0.25, -0.2) is 4.39 Å². The summed E-state index contributed by atoms with van der Waals surface area (Å²) in [7, 11) is 1.61. The summed E-state index contributed by atoms with van der Waals surface area (Å²) < 4.78 is 24.6. The molecule has 4 aromatic rings. The standard InChI is InChI=1S/C24H21FN4O3S/c1-31-17-8-6-16(7-9-17)23-26-22(27-32-23)20-10-11-21(33-20)24(30)29-14-12-28(13-15-29)19-5-3-2-4-18(19)25/h2-11H,12-15H2,1H3. The number of benzene rings is 2. The molecule has 0 atom stereocenters. The molecule has 5 rings (SSSR count). The van der Waals surface area contributed by atoms with E-state index < -0.39 is 0 Å². The molecule has 0 N–H and O–H groups in total. The number of ether oxygens (including phenoxy) is 1. The molecule has 9 heteroatoms. The Morgan fingerprint density at radius 1 is 1.03 bits per heavy atom. The Kier molecular flexibility index (Phi) is 5.78. The third-order valence-electron chi connectivity index (χ3n) is 5.56. The number of piperazine rings is 1. The summed E-state index contributed by atoms with van der Waals surface area (Å²) in [6.07, 6.45) is 0. The zero-order valence-corrected chi connectivity index (χ0v) is 18.7. The van der Waals surface area contributed by atoms with Crippen molar-refractivity contribution in [3.63, 3.8) is 0 Å². The zero-order chi connectivity index (χ0) is 22.8. The molecule has 0 spiro atoms. The van der Waals surface area contributed by atoms with Crippen LogP contribution >= 0.6 is 11.3 Å². The highest BCUT2D eigenvalue weighted by atomic mass is 32.1. The van der Waals surface area contributed by atoms with E-state index in [4.69, 9.17) is 9.26 Å². The fourth-order valence-corrected chi connectivity index (χ4v) is 4.66. The summed E-state index contributed by atoms with van der Waals surface area (Å²) in [5, 5.41) is 4.07. The Hall–Kier alpha value is -3.72. The van der Waals surface area contributed by atoms with Crippen molar-refractivity contribution in [2.24, 2.45) is 0 Å². The molecule has 33 heavy (non-hydrogen) atoms. The fourth-order valence-electron chi connectivity index (χ4n) is 3.76. The minimum atomic E-state index is -0.241. The molecule has 1 amide bonds. The smallest absolute Gasteiger partial charge is 0.264 e. The van der Waals surface area contributed by atoms with Gasteiger partial charge in [0.25, 0.3) is 11.8 Å². The Morgan fingerprint density at radius 2 is 1.79 bits per heavy atom. The van der Waals surface area contributed by atoms with Gasteiger partial charge in [0, 0.05) is 31.7 Å². The van der Waals surface area contributed by atoms with Crippen molar-refractivity contribution in [1.82, 2.24) is 15.0 Å². The minimum absolute atomic E-state index is 0.0432. The van der Waals surface area contributed by atoms with Crippen molar-refractivity contribution in [2.75, 3.05) is 38.2 Å². The number of anilines is 1. The van der Waals surface area contributed by atoms with Gasteiger partial charge < -0.3 is 19.1 Å². The molecular weight excluding hydrogens is 443 g/mol. The van der Waals surface area contributed by atoms with E-state index in [0.29, 0.717) is 48.5 Å². The van der Waals surface area contributed by atoms with Crippen LogP contribution in [0.25, 0.3) is 22.2 Å². The van der Waals surface area contributed by atoms with Gasteiger partial charge in [-0.05, 0) is 48.5 Å². The Balaban J connectivity index is 1.25. The number of hydrogen-bond acceptors (Lipinski definition) is 7. The molecule has 0 saturated carbocycles. The molecular formula is C24H21FN4O3S. The molecule has 7 nitrogen and oxygen atoms in total. The maximum Gasteiger partial charge on any atom is 0.264 e. The summed E-state index contributed by atoms with van der Waals surface area (Å²) in [4.78, 5) is 22.6. The van der Waals surface area contributed by atoms with Crippen LogP contribution in [0.5, 0.6) is 5.75 Å². The number of nitrogens with zero attached hydrogens (tertiary/aromatic N) is 4. The lowest BCUT2D eigenvalue weighted by atomic mass is 10.2. The van der Waals surface area contributed by atoms with Crippen molar-refractivity contribution >= 4 is 22.9 Å². The first-order valence-electron chi connectivity index (χ1n) is 10.5. The van der Waals surface area contributed by atoms with Crippen LogP contribution in [0.3, 0.4) is 0 Å². The van der Waals surface area contributed by atoms with E-state index >= 15 is 0 Å². The predicted octanol–water partition coefficient (Wildman–Crippen LogP) is 4.58. The van der Waals surface area contributed by atoms with Gasteiger partial charge in [-0.2, -0.15) is 4.98 Å². The van der Waals surface area contributed by atoms with Crippen LogP contribution in [-0.2, 0) is 0 Å². The summed E-state index contributed by atoms with van der Waals surface area (Å²) in [6, 6.07) is 17.7. The monoisotopic (exact) mass is 464 g/mol. The van der Waals surface area contributed by atoms with Crippen LogP contribution in [0, 0.1) is 5.82 Å². The normalized spacial score (nSPS) is 13.9. The second-order valence-electron chi connectivity index (χ2n) is 7.55. The number of methoxy groups -OCH3 is 1. The number of carbonyl (C=O) groups excluding carboxylic acids is 1. The molecule has 1 aliphatic rings. The molecule has 0 aliphatic carbocycles. The second kappa shape index (κ2) is 9.03. The fraction of sp³-hybridized carbons (Fsp3) is 0.208. The zero-order valence-electron chi connectivity index (χ0n) is 17.9. The number of thiophene rings is 1. The summed E-state index contributed by atoms with van der Waals surface area (Å²) >= 11 is 1.33. The van der Waals surface area contributed by atoms with Crippen LogP contribution in [0.1, 0.15) is 9.67 Å². The first kappa shape index (κ1) is 21.1. The van der Waals surface area contributed by atoms with Crippen LogP contribution in [0.2, 0.25) is 0 Å². The molecule has 3 heterocycles. The number of aromatic nitrogens is 2. The van der Waals surface area contributed by atoms with E-state index in [-0.39, 0.29) is 11.7 Å². The van der Waals surface area contributed by atoms with E-state index in [1.54, 1.807) is 30.2 Å². The number of amides is 1.